The topological polar surface area (TPSA) is 83.6 Å². The van der Waals surface area contributed by atoms with E-state index in [1.807, 2.05) is 38.1 Å². The zero-order chi connectivity index (χ0) is 19.1. The molecule has 138 valence electrons. The molecule has 0 saturated carbocycles. The number of hydrogen-bond donors (Lipinski definition) is 2. The highest BCUT2D eigenvalue weighted by Crippen LogP contribution is 2.45. The molecule has 0 unspecified atom stereocenters. The molecule has 0 saturated heterocycles. The number of rotatable bonds is 4. The predicted molar refractivity (Wildman–Crippen MR) is 106 cm³/mol. The van der Waals surface area contributed by atoms with Crippen LogP contribution in [0.15, 0.2) is 36.5 Å². The number of nitrogens with zero attached hydrogens (tertiary/aromatic N) is 2. The minimum Gasteiger partial charge on any atom is -0.491 e. The van der Waals surface area contributed by atoms with Gasteiger partial charge in [-0.2, -0.15) is 0 Å². The molecular weight excluding hydrogens is 364 g/mol. The Morgan fingerprint density at radius 3 is 2.67 bits per heavy atom. The smallest absolute Gasteiger partial charge is 0.331 e. The van der Waals surface area contributed by atoms with Crippen molar-refractivity contribution in [1.29, 1.82) is 0 Å². The maximum Gasteiger partial charge on any atom is 0.331 e. The predicted octanol–water partition coefficient (Wildman–Crippen LogP) is 4.13. The number of anilines is 3. The van der Waals surface area contributed by atoms with Crippen LogP contribution in [0.3, 0.4) is 0 Å². The first kappa shape index (κ1) is 17.3. The Balaban J connectivity index is 1.82. The third-order valence-electron chi connectivity index (χ3n) is 4.15. The molecule has 8 heteroatoms. The Labute approximate surface area is 160 Å². The van der Waals surface area contributed by atoms with Crippen LogP contribution in [0.1, 0.15) is 23.5 Å². The number of benzene rings is 1. The second-order valence-electron chi connectivity index (χ2n) is 6.32. The molecule has 0 aliphatic carbocycles. The lowest BCUT2D eigenvalue weighted by Gasteiger charge is -2.28. The molecule has 3 heterocycles. The molecule has 2 aromatic heterocycles. The standard InChI is InChI=1S/C19H18N4O3S/c1-10(2)26-12-6-4-11(5-7-12)23-13-8-9-21-18-14(13)15(22-19(23)25)16(27-18)17(24)20-3/h4-10H,1-3H3,(H,20,24)(H,22,25). The fourth-order valence-corrected chi connectivity index (χ4v) is 4.13. The summed E-state index contributed by atoms with van der Waals surface area (Å²) in [5.41, 5.74) is 1.91. The minimum absolute atomic E-state index is 0.0745. The molecular formula is C19H18N4O3S. The van der Waals surface area contributed by atoms with E-state index in [2.05, 4.69) is 15.6 Å². The van der Waals surface area contributed by atoms with E-state index in [1.165, 1.54) is 11.3 Å². The maximum absolute atomic E-state index is 12.9. The van der Waals surface area contributed by atoms with E-state index < -0.39 is 0 Å². The van der Waals surface area contributed by atoms with Crippen LogP contribution >= 0.6 is 11.3 Å². The monoisotopic (exact) mass is 382 g/mol. The number of ether oxygens (including phenoxy) is 1. The second-order valence-corrected chi connectivity index (χ2v) is 7.32. The lowest BCUT2D eigenvalue weighted by Crippen LogP contribution is -2.34. The summed E-state index contributed by atoms with van der Waals surface area (Å²) in [4.78, 5) is 32.1. The SMILES string of the molecule is CNC(=O)c1sc2nccc3c2c1NC(=O)N3c1ccc(OC(C)C)cc1. The number of urea groups is 1. The fourth-order valence-electron chi connectivity index (χ4n) is 3.06. The number of carbonyl (C=O) groups is 2. The average Bonchev–Trinajstić information content (AvgIpc) is 3.01. The van der Waals surface area contributed by atoms with Gasteiger partial charge in [-0.25, -0.2) is 9.78 Å². The zero-order valence-corrected chi connectivity index (χ0v) is 15.9. The summed E-state index contributed by atoms with van der Waals surface area (Å²) in [5.74, 6) is 0.493. The van der Waals surface area contributed by atoms with Crippen molar-refractivity contribution in [3.05, 3.63) is 41.4 Å². The Kier molecular flexibility index (Phi) is 4.19. The Bertz CT molecular complexity index is 1040. The summed E-state index contributed by atoms with van der Waals surface area (Å²) in [7, 11) is 1.56. The molecule has 0 atom stereocenters. The van der Waals surface area contributed by atoms with Crippen LogP contribution in [0.25, 0.3) is 10.2 Å². The van der Waals surface area contributed by atoms with Crippen LogP contribution in [0, 0.1) is 0 Å². The van der Waals surface area contributed by atoms with E-state index in [1.54, 1.807) is 24.2 Å². The summed E-state index contributed by atoms with van der Waals surface area (Å²) < 4.78 is 5.67. The normalized spacial score (nSPS) is 13.0. The van der Waals surface area contributed by atoms with E-state index in [-0.39, 0.29) is 18.0 Å². The minimum atomic E-state index is -0.323. The van der Waals surface area contributed by atoms with Gasteiger partial charge in [0.15, 0.2) is 0 Å². The molecule has 1 aliphatic rings. The molecule has 1 aliphatic heterocycles. The molecule has 27 heavy (non-hydrogen) atoms. The molecule has 1 aromatic carbocycles. The van der Waals surface area contributed by atoms with Crippen LogP contribution in [0.2, 0.25) is 0 Å². The van der Waals surface area contributed by atoms with Gasteiger partial charge in [0.05, 0.1) is 28.6 Å². The van der Waals surface area contributed by atoms with Crippen molar-refractivity contribution in [3.63, 3.8) is 0 Å². The van der Waals surface area contributed by atoms with Crippen molar-refractivity contribution < 1.29 is 14.3 Å². The molecule has 7 nitrogen and oxygen atoms in total. The van der Waals surface area contributed by atoms with E-state index in [9.17, 15) is 9.59 Å². The number of pyridine rings is 1. The highest BCUT2D eigenvalue weighted by atomic mass is 32.1. The summed E-state index contributed by atoms with van der Waals surface area (Å²) in [6.45, 7) is 3.92. The number of thiophene rings is 1. The molecule has 0 radical (unpaired) electrons. The molecule has 4 rings (SSSR count). The first-order valence-electron chi connectivity index (χ1n) is 8.51. The number of aromatic nitrogens is 1. The maximum atomic E-state index is 12.9. The van der Waals surface area contributed by atoms with E-state index in [0.29, 0.717) is 26.8 Å². The number of hydrogen-bond acceptors (Lipinski definition) is 5. The third kappa shape index (κ3) is 2.87. The zero-order valence-electron chi connectivity index (χ0n) is 15.1. The van der Waals surface area contributed by atoms with Gasteiger partial charge in [-0.05, 0) is 44.2 Å². The Hall–Kier alpha value is -3.13. The lowest BCUT2D eigenvalue weighted by molar-refractivity contribution is 0.0968. The van der Waals surface area contributed by atoms with Gasteiger partial charge in [-0.15, -0.1) is 11.3 Å². The van der Waals surface area contributed by atoms with Gasteiger partial charge in [-0.1, -0.05) is 0 Å². The third-order valence-corrected chi connectivity index (χ3v) is 5.24. The van der Waals surface area contributed by atoms with Crippen LogP contribution in [0.4, 0.5) is 21.9 Å². The van der Waals surface area contributed by atoms with Gasteiger partial charge < -0.3 is 15.4 Å². The van der Waals surface area contributed by atoms with E-state index >= 15 is 0 Å². The van der Waals surface area contributed by atoms with Gasteiger partial charge in [0.2, 0.25) is 0 Å². The molecule has 0 bridgehead atoms. The van der Waals surface area contributed by atoms with Crippen molar-refractivity contribution >= 4 is 50.6 Å². The van der Waals surface area contributed by atoms with Gasteiger partial charge >= 0.3 is 6.03 Å². The summed E-state index contributed by atoms with van der Waals surface area (Å²) in [6, 6.07) is 8.79. The van der Waals surface area contributed by atoms with Gasteiger partial charge in [0, 0.05) is 13.2 Å². The van der Waals surface area contributed by atoms with Gasteiger partial charge in [-0.3, -0.25) is 9.69 Å². The molecule has 3 amide bonds. The number of nitrogens with one attached hydrogen (secondary N) is 2. The summed E-state index contributed by atoms with van der Waals surface area (Å²) in [6.07, 6.45) is 1.72. The summed E-state index contributed by atoms with van der Waals surface area (Å²) >= 11 is 1.26. The van der Waals surface area contributed by atoms with Crippen molar-refractivity contribution in [2.75, 3.05) is 17.3 Å². The van der Waals surface area contributed by atoms with Crippen molar-refractivity contribution in [3.8, 4) is 5.75 Å². The van der Waals surface area contributed by atoms with Gasteiger partial charge in [0.25, 0.3) is 5.91 Å². The Morgan fingerprint density at radius 2 is 2.00 bits per heavy atom. The van der Waals surface area contributed by atoms with Crippen molar-refractivity contribution in [2.45, 2.75) is 20.0 Å². The molecule has 2 N–H and O–H groups in total. The van der Waals surface area contributed by atoms with Crippen molar-refractivity contribution in [1.82, 2.24) is 10.3 Å². The lowest BCUT2D eigenvalue weighted by atomic mass is 10.1. The second kappa shape index (κ2) is 6.55. The number of carbonyl (C=O) groups excluding carboxylic acids is 2. The van der Waals surface area contributed by atoms with Crippen LogP contribution in [-0.4, -0.2) is 30.1 Å². The molecule has 3 aromatic rings. The highest BCUT2D eigenvalue weighted by molar-refractivity contribution is 7.21. The van der Waals surface area contributed by atoms with Gasteiger partial charge in [0.1, 0.15) is 15.5 Å². The average molecular weight is 382 g/mol. The van der Waals surface area contributed by atoms with Crippen LogP contribution in [0.5, 0.6) is 5.75 Å². The van der Waals surface area contributed by atoms with Crippen LogP contribution in [-0.2, 0) is 0 Å². The number of amides is 3. The molecule has 0 fully saturated rings. The largest absolute Gasteiger partial charge is 0.491 e. The summed E-state index contributed by atoms with van der Waals surface area (Å²) in [5, 5.41) is 6.22. The molecule has 0 spiro atoms. The Morgan fingerprint density at radius 1 is 1.26 bits per heavy atom. The van der Waals surface area contributed by atoms with Crippen LogP contribution < -0.4 is 20.3 Å². The first-order valence-corrected chi connectivity index (χ1v) is 9.32. The van der Waals surface area contributed by atoms with Crippen molar-refractivity contribution in [2.24, 2.45) is 0 Å². The quantitative estimate of drug-likeness (QED) is 0.711. The van der Waals surface area contributed by atoms with E-state index in [0.717, 1.165) is 11.1 Å². The van der Waals surface area contributed by atoms with E-state index in [4.69, 9.17) is 4.74 Å². The first-order chi connectivity index (χ1) is 13.0. The fraction of sp³-hybridized carbons (Fsp3) is 0.211. The highest BCUT2D eigenvalue weighted by Gasteiger charge is 2.32.